The highest BCUT2D eigenvalue weighted by molar-refractivity contribution is 9.10. The Kier molecular flexibility index (Phi) is 4.62. The van der Waals surface area contributed by atoms with Crippen LogP contribution in [0.25, 0.3) is 10.9 Å². The lowest BCUT2D eigenvalue weighted by atomic mass is 10.2. The number of fused-ring (bicyclic) bond motifs is 1. The summed E-state index contributed by atoms with van der Waals surface area (Å²) < 4.78 is 5.61. The first kappa shape index (κ1) is 14.4. The highest BCUT2D eigenvalue weighted by Crippen LogP contribution is 2.26. The molecule has 0 bridgehead atoms. The van der Waals surface area contributed by atoms with Gasteiger partial charge in [-0.05, 0) is 24.6 Å². The molecular weight excluding hydrogens is 324 g/mol. The summed E-state index contributed by atoms with van der Waals surface area (Å²) in [6, 6.07) is 7.61. The molecule has 0 spiro atoms. The van der Waals surface area contributed by atoms with E-state index in [1.807, 2.05) is 18.2 Å². The van der Waals surface area contributed by atoms with Gasteiger partial charge < -0.3 is 21.5 Å². The summed E-state index contributed by atoms with van der Waals surface area (Å²) in [7, 11) is 0. The highest BCUT2D eigenvalue weighted by Gasteiger charge is 2.05. The molecule has 0 aliphatic rings. The average Bonchev–Trinajstić information content (AvgIpc) is 2.36. The lowest BCUT2D eigenvalue weighted by Crippen LogP contribution is -2.15. The third kappa shape index (κ3) is 3.74. The average molecular weight is 339 g/mol. The van der Waals surface area contributed by atoms with Crippen molar-refractivity contribution in [2.75, 3.05) is 24.2 Å². The van der Waals surface area contributed by atoms with E-state index in [2.05, 4.69) is 31.0 Å². The summed E-state index contributed by atoms with van der Waals surface area (Å²) in [6.45, 7) is 0.925. The van der Waals surface area contributed by atoms with Crippen molar-refractivity contribution in [3.63, 3.8) is 0 Å². The number of nitrogens with one attached hydrogen (secondary N) is 1. The van der Waals surface area contributed by atoms with E-state index >= 15 is 0 Å². The first-order valence-electron chi connectivity index (χ1n) is 6.08. The first-order valence-corrected chi connectivity index (χ1v) is 6.87. The van der Waals surface area contributed by atoms with Crippen LogP contribution in [-0.2, 0) is 4.74 Å². The SMILES string of the molecule is NC(=O)OCCCNc1cc(N)nc2cc(Br)ccc12. The van der Waals surface area contributed by atoms with Crippen LogP contribution in [0.3, 0.4) is 0 Å². The summed E-state index contributed by atoms with van der Waals surface area (Å²) in [4.78, 5) is 14.7. The Hall–Kier alpha value is -2.02. The van der Waals surface area contributed by atoms with Gasteiger partial charge in [0.2, 0.25) is 0 Å². The molecule has 1 amide bonds. The van der Waals surface area contributed by atoms with Crippen molar-refractivity contribution < 1.29 is 9.53 Å². The van der Waals surface area contributed by atoms with Crippen LogP contribution in [0.4, 0.5) is 16.3 Å². The van der Waals surface area contributed by atoms with E-state index in [4.69, 9.17) is 11.5 Å². The molecule has 7 heteroatoms. The van der Waals surface area contributed by atoms with Gasteiger partial charge in [0.1, 0.15) is 5.82 Å². The number of nitrogen functional groups attached to an aromatic ring is 1. The van der Waals surface area contributed by atoms with Gasteiger partial charge in [-0.25, -0.2) is 9.78 Å². The molecule has 0 unspecified atom stereocenters. The molecule has 0 atom stereocenters. The van der Waals surface area contributed by atoms with Gasteiger partial charge in [-0.1, -0.05) is 15.9 Å². The fraction of sp³-hybridized carbons (Fsp3) is 0.231. The largest absolute Gasteiger partial charge is 0.450 e. The number of pyridine rings is 1. The van der Waals surface area contributed by atoms with E-state index in [-0.39, 0.29) is 6.61 Å². The molecular formula is C13H15BrN4O2. The molecule has 20 heavy (non-hydrogen) atoms. The third-order valence-electron chi connectivity index (χ3n) is 2.67. The number of ether oxygens (including phenoxy) is 1. The minimum absolute atomic E-state index is 0.284. The van der Waals surface area contributed by atoms with Crippen molar-refractivity contribution in [3.05, 3.63) is 28.7 Å². The number of primary amides is 1. The molecule has 0 saturated carbocycles. The molecule has 0 aliphatic heterocycles. The van der Waals surface area contributed by atoms with E-state index in [1.54, 1.807) is 6.07 Å². The van der Waals surface area contributed by atoms with Gasteiger partial charge >= 0.3 is 6.09 Å². The number of anilines is 2. The molecule has 0 saturated heterocycles. The molecule has 1 heterocycles. The van der Waals surface area contributed by atoms with Crippen molar-refractivity contribution in [3.8, 4) is 0 Å². The highest BCUT2D eigenvalue weighted by atomic mass is 79.9. The number of hydrogen-bond donors (Lipinski definition) is 3. The summed E-state index contributed by atoms with van der Waals surface area (Å²) in [5.41, 5.74) is 12.4. The van der Waals surface area contributed by atoms with Gasteiger partial charge in [0.25, 0.3) is 0 Å². The first-order chi connectivity index (χ1) is 9.56. The topological polar surface area (TPSA) is 103 Å². The predicted molar refractivity (Wildman–Crippen MR) is 82.5 cm³/mol. The van der Waals surface area contributed by atoms with Crippen molar-refractivity contribution in [1.82, 2.24) is 4.98 Å². The Labute approximate surface area is 124 Å². The maximum Gasteiger partial charge on any atom is 0.404 e. The van der Waals surface area contributed by atoms with Crippen LogP contribution >= 0.6 is 15.9 Å². The van der Waals surface area contributed by atoms with Crippen LogP contribution in [0.5, 0.6) is 0 Å². The number of carbonyl (C=O) groups is 1. The lowest BCUT2D eigenvalue weighted by Gasteiger charge is -2.10. The second-order valence-corrected chi connectivity index (χ2v) is 5.12. The Morgan fingerprint density at radius 1 is 1.40 bits per heavy atom. The fourth-order valence-electron chi connectivity index (χ4n) is 1.84. The zero-order valence-electron chi connectivity index (χ0n) is 10.7. The number of hydrogen-bond acceptors (Lipinski definition) is 5. The maximum absolute atomic E-state index is 10.4. The molecule has 1 aromatic carbocycles. The van der Waals surface area contributed by atoms with Crippen LogP contribution in [0, 0.1) is 0 Å². The third-order valence-corrected chi connectivity index (χ3v) is 3.17. The number of aromatic nitrogens is 1. The molecule has 0 fully saturated rings. The van der Waals surface area contributed by atoms with Crippen LogP contribution in [-0.4, -0.2) is 24.2 Å². The van der Waals surface area contributed by atoms with Crippen molar-refractivity contribution in [2.45, 2.75) is 6.42 Å². The number of halogens is 1. The molecule has 0 radical (unpaired) electrons. The van der Waals surface area contributed by atoms with E-state index in [0.29, 0.717) is 18.8 Å². The number of carbonyl (C=O) groups excluding carboxylic acids is 1. The lowest BCUT2D eigenvalue weighted by molar-refractivity contribution is 0.156. The summed E-state index contributed by atoms with van der Waals surface area (Å²) in [6.07, 6.45) is -0.100. The van der Waals surface area contributed by atoms with Crippen LogP contribution in [0.1, 0.15) is 6.42 Å². The minimum atomic E-state index is -0.756. The number of nitrogens with two attached hydrogens (primary N) is 2. The molecule has 2 aromatic rings. The molecule has 6 nitrogen and oxygen atoms in total. The second kappa shape index (κ2) is 6.42. The second-order valence-electron chi connectivity index (χ2n) is 4.20. The maximum atomic E-state index is 10.4. The van der Waals surface area contributed by atoms with Gasteiger partial charge in [0, 0.05) is 28.2 Å². The number of benzene rings is 1. The van der Waals surface area contributed by atoms with E-state index in [9.17, 15) is 4.79 Å². The normalized spacial score (nSPS) is 10.4. The quantitative estimate of drug-likeness (QED) is 0.726. The monoisotopic (exact) mass is 338 g/mol. The van der Waals surface area contributed by atoms with Crippen LogP contribution < -0.4 is 16.8 Å². The van der Waals surface area contributed by atoms with Gasteiger partial charge in [0.15, 0.2) is 0 Å². The Morgan fingerprint density at radius 3 is 2.95 bits per heavy atom. The van der Waals surface area contributed by atoms with Gasteiger partial charge in [-0.15, -0.1) is 0 Å². The number of rotatable bonds is 5. The standard InChI is InChI=1S/C13H15BrN4O2/c14-8-2-3-9-10(7-12(15)18-11(9)6-8)17-4-1-5-20-13(16)19/h2-3,6-7H,1,4-5H2,(H2,16,19)(H3,15,17,18). The molecule has 106 valence electrons. The Bertz CT molecular complexity index is 628. The number of nitrogens with zero attached hydrogens (tertiary/aromatic N) is 1. The zero-order chi connectivity index (χ0) is 14.5. The Morgan fingerprint density at radius 2 is 2.20 bits per heavy atom. The van der Waals surface area contributed by atoms with Gasteiger partial charge in [-0.2, -0.15) is 0 Å². The van der Waals surface area contributed by atoms with Crippen LogP contribution in [0.2, 0.25) is 0 Å². The fourth-order valence-corrected chi connectivity index (χ4v) is 2.19. The molecule has 5 N–H and O–H groups in total. The van der Waals surface area contributed by atoms with E-state index in [0.717, 1.165) is 21.1 Å². The van der Waals surface area contributed by atoms with Crippen LogP contribution in [0.15, 0.2) is 28.7 Å². The zero-order valence-corrected chi connectivity index (χ0v) is 12.3. The van der Waals surface area contributed by atoms with Gasteiger partial charge in [-0.3, -0.25) is 0 Å². The summed E-state index contributed by atoms with van der Waals surface area (Å²) >= 11 is 3.41. The Balaban J connectivity index is 2.07. The summed E-state index contributed by atoms with van der Waals surface area (Å²) in [5, 5.41) is 4.24. The van der Waals surface area contributed by atoms with Crippen molar-refractivity contribution in [2.24, 2.45) is 5.73 Å². The van der Waals surface area contributed by atoms with E-state index in [1.165, 1.54) is 0 Å². The summed E-state index contributed by atoms with van der Waals surface area (Å²) in [5.74, 6) is 0.450. The van der Waals surface area contributed by atoms with Crippen molar-refractivity contribution in [1.29, 1.82) is 0 Å². The molecule has 1 aromatic heterocycles. The predicted octanol–water partition coefficient (Wildman–Crippen LogP) is 2.48. The van der Waals surface area contributed by atoms with Gasteiger partial charge in [0.05, 0.1) is 12.1 Å². The van der Waals surface area contributed by atoms with E-state index < -0.39 is 6.09 Å². The molecule has 2 rings (SSSR count). The smallest absolute Gasteiger partial charge is 0.404 e. The minimum Gasteiger partial charge on any atom is -0.450 e. The van der Waals surface area contributed by atoms with Crippen molar-refractivity contribution >= 4 is 44.4 Å². The molecule has 0 aliphatic carbocycles. The number of amides is 1.